The van der Waals surface area contributed by atoms with Crippen molar-refractivity contribution in [2.24, 2.45) is 13.0 Å². The first kappa shape index (κ1) is 20.0. The lowest BCUT2D eigenvalue weighted by molar-refractivity contribution is 0.242. The number of carbonyl (C=O) groups is 1. The monoisotopic (exact) mass is 431 g/mol. The van der Waals surface area contributed by atoms with Crippen LogP contribution < -0.4 is 15.5 Å². The molecule has 0 fully saturated rings. The molecular weight excluding hydrogens is 406 g/mol. The van der Waals surface area contributed by atoms with E-state index in [1.165, 1.54) is 0 Å². The number of carbonyl (C=O) groups excluding carboxylic acids is 1. The third kappa shape index (κ3) is 3.43. The zero-order chi connectivity index (χ0) is 22.4. The third-order valence-electron chi connectivity index (χ3n) is 5.65. The Kier molecular flexibility index (Phi) is 4.76. The number of pyridine rings is 2. The molecule has 2 N–H and O–H groups in total. The van der Waals surface area contributed by atoms with Gasteiger partial charge in [-0.05, 0) is 47.7 Å². The second kappa shape index (κ2) is 7.63. The van der Waals surface area contributed by atoms with Crippen molar-refractivity contribution in [2.45, 2.75) is 26.3 Å². The number of anilines is 3. The van der Waals surface area contributed by atoms with E-state index in [2.05, 4.69) is 44.8 Å². The van der Waals surface area contributed by atoms with E-state index in [0.29, 0.717) is 17.4 Å². The third-order valence-corrected chi connectivity index (χ3v) is 5.65. The standard InChI is InChI=1S/C22H25N9O/c1-13(2)9-16-21-28-27-19-11-15(12-20(31(19)21)29(3)22(32)25-16)14-5-7-23-17(10-14)26-18-6-8-24-30(18)4/h5-8,10-13,16H,9H2,1-4H3,(H,23,26)(H,25,32)/t16-/m1/s1. The van der Waals surface area contributed by atoms with Crippen molar-refractivity contribution in [3.05, 3.63) is 48.5 Å². The summed E-state index contributed by atoms with van der Waals surface area (Å²) in [4.78, 5) is 18.9. The maximum absolute atomic E-state index is 12.8. The van der Waals surface area contributed by atoms with Gasteiger partial charge in [0.25, 0.3) is 0 Å². The minimum absolute atomic E-state index is 0.159. The summed E-state index contributed by atoms with van der Waals surface area (Å²) in [5.74, 6) is 3.41. The Hall–Kier alpha value is -3.95. The van der Waals surface area contributed by atoms with Crippen LogP contribution in [0.25, 0.3) is 16.8 Å². The minimum atomic E-state index is -0.192. The van der Waals surface area contributed by atoms with Gasteiger partial charge in [-0.3, -0.25) is 14.0 Å². The molecule has 0 aromatic carbocycles. The molecule has 0 spiro atoms. The Morgan fingerprint density at radius 2 is 1.94 bits per heavy atom. The molecule has 1 atom stereocenters. The summed E-state index contributed by atoms with van der Waals surface area (Å²) in [6.07, 6.45) is 4.26. The molecule has 5 rings (SSSR count). The fraction of sp³-hybridized carbons (Fsp3) is 0.318. The largest absolute Gasteiger partial charge is 0.328 e. The number of hydrogen-bond donors (Lipinski definition) is 2. The lowest BCUT2D eigenvalue weighted by Crippen LogP contribution is -2.38. The van der Waals surface area contributed by atoms with Crippen molar-refractivity contribution in [1.29, 1.82) is 0 Å². The maximum Gasteiger partial charge on any atom is 0.323 e. The van der Waals surface area contributed by atoms with Crippen LogP contribution in [0.2, 0.25) is 0 Å². The van der Waals surface area contributed by atoms with E-state index in [9.17, 15) is 4.79 Å². The van der Waals surface area contributed by atoms with E-state index in [1.807, 2.05) is 41.8 Å². The summed E-state index contributed by atoms with van der Waals surface area (Å²) < 4.78 is 3.71. The fourth-order valence-corrected chi connectivity index (χ4v) is 4.02. The van der Waals surface area contributed by atoms with Crippen molar-refractivity contribution in [3.8, 4) is 11.1 Å². The van der Waals surface area contributed by atoms with Gasteiger partial charge in [0.2, 0.25) is 0 Å². The number of urea groups is 1. The molecule has 0 unspecified atom stereocenters. The molecule has 4 aromatic heterocycles. The predicted molar refractivity (Wildman–Crippen MR) is 122 cm³/mol. The van der Waals surface area contributed by atoms with Gasteiger partial charge in [-0.2, -0.15) is 5.10 Å². The maximum atomic E-state index is 12.8. The summed E-state index contributed by atoms with van der Waals surface area (Å²) in [6, 6.07) is 9.39. The highest BCUT2D eigenvalue weighted by Crippen LogP contribution is 2.33. The van der Waals surface area contributed by atoms with E-state index in [0.717, 1.165) is 35.0 Å². The average molecular weight is 432 g/mol. The summed E-state index contributed by atoms with van der Waals surface area (Å²) >= 11 is 0. The molecule has 5 heterocycles. The lowest BCUT2D eigenvalue weighted by atomic mass is 10.0. The molecule has 1 aliphatic rings. The SMILES string of the molecule is CC(C)C[C@H]1NC(=O)N(C)c2cc(-c3ccnc(Nc4ccnn4C)c3)cc3nnc1n23. The predicted octanol–water partition coefficient (Wildman–Crippen LogP) is 3.52. The van der Waals surface area contributed by atoms with Crippen molar-refractivity contribution in [1.82, 2.24) is 34.7 Å². The van der Waals surface area contributed by atoms with Gasteiger partial charge < -0.3 is 10.6 Å². The van der Waals surface area contributed by atoms with Gasteiger partial charge in [0, 0.05) is 26.4 Å². The first-order valence-electron chi connectivity index (χ1n) is 10.6. The van der Waals surface area contributed by atoms with Crippen LogP contribution in [0.3, 0.4) is 0 Å². The van der Waals surface area contributed by atoms with Crippen molar-refractivity contribution >= 4 is 29.1 Å². The molecule has 0 radical (unpaired) electrons. The topological polar surface area (TPSA) is 105 Å². The molecule has 0 aliphatic carbocycles. The van der Waals surface area contributed by atoms with Crippen LogP contribution >= 0.6 is 0 Å². The second-order valence-corrected chi connectivity index (χ2v) is 8.44. The molecule has 32 heavy (non-hydrogen) atoms. The van der Waals surface area contributed by atoms with Gasteiger partial charge in [0.05, 0.1) is 12.2 Å². The molecule has 10 heteroatoms. The van der Waals surface area contributed by atoms with Crippen LogP contribution in [0.15, 0.2) is 42.7 Å². The molecular formula is C22H25N9O. The molecule has 10 nitrogen and oxygen atoms in total. The quantitative estimate of drug-likeness (QED) is 0.501. The Labute approximate surface area is 185 Å². The van der Waals surface area contributed by atoms with Gasteiger partial charge in [-0.15, -0.1) is 10.2 Å². The van der Waals surface area contributed by atoms with Gasteiger partial charge in [-0.25, -0.2) is 9.78 Å². The van der Waals surface area contributed by atoms with Crippen LogP contribution in [0.1, 0.15) is 32.1 Å². The molecule has 4 aromatic rings. The highest BCUT2D eigenvalue weighted by atomic mass is 16.2. The summed E-state index contributed by atoms with van der Waals surface area (Å²) in [5, 5.41) is 19.4. The smallest absolute Gasteiger partial charge is 0.323 e. The van der Waals surface area contributed by atoms with Gasteiger partial charge >= 0.3 is 6.03 Å². The number of rotatable bonds is 5. The average Bonchev–Trinajstić information content (AvgIpc) is 3.35. The number of amides is 2. The number of aryl methyl sites for hydroxylation is 1. The molecule has 1 aliphatic heterocycles. The summed E-state index contributed by atoms with van der Waals surface area (Å²) in [7, 11) is 3.63. The fourth-order valence-electron chi connectivity index (χ4n) is 4.02. The van der Waals surface area contributed by atoms with Crippen LogP contribution in [0.4, 0.5) is 22.2 Å². The van der Waals surface area contributed by atoms with Crippen molar-refractivity contribution in [2.75, 3.05) is 17.3 Å². The number of aromatic nitrogens is 6. The molecule has 2 amide bonds. The normalized spacial score (nSPS) is 15.8. The zero-order valence-electron chi connectivity index (χ0n) is 18.4. The first-order valence-corrected chi connectivity index (χ1v) is 10.6. The minimum Gasteiger partial charge on any atom is -0.328 e. The van der Waals surface area contributed by atoms with Gasteiger partial charge in [-0.1, -0.05) is 13.8 Å². The van der Waals surface area contributed by atoms with Crippen molar-refractivity contribution in [3.63, 3.8) is 0 Å². The molecule has 0 saturated carbocycles. The Bertz CT molecular complexity index is 1310. The van der Waals surface area contributed by atoms with Gasteiger partial charge in [0.15, 0.2) is 11.5 Å². The number of nitrogens with one attached hydrogen (secondary N) is 2. The van der Waals surface area contributed by atoms with E-state index in [-0.39, 0.29) is 12.1 Å². The number of hydrogen-bond acceptors (Lipinski definition) is 6. The zero-order valence-corrected chi connectivity index (χ0v) is 18.4. The molecule has 164 valence electrons. The lowest BCUT2D eigenvalue weighted by Gasteiger charge is -2.19. The van der Waals surface area contributed by atoms with Crippen LogP contribution in [0.5, 0.6) is 0 Å². The molecule has 0 saturated heterocycles. The van der Waals surface area contributed by atoms with E-state index < -0.39 is 0 Å². The summed E-state index contributed by atoms with van der Waals surface area (Å²) in [6.45, 7) is 4.26. The Balaban J connectivity index is 1.59. The Morgan fingerprint density at radius 3 is 2.69 bits per heavy atom. The second-order valence-electron chi connectivity index (χ2n) is 8.44. The van der Waals surface area contributed by atoms with E-state index >= 15 is 0 Å². The summed E-state index contributed by atoms with van der Waals surface area (Å²) in [5.41, 5.74) is 2.57. The van der Waals surface area contributed by atoms with E-state index in [4.69, 9.17) is 0 Å². The van der Waals surface area contributed by atoms with Crippen LogP contribution in [-0.4, -0.2) is 42.4 Å². The number of nitrogens with zero attached hydrogens (tertiary/aromatic N) is 7. The van der Waals surface area contributed by atoms with Gasteiger partial charge in [0.1, 0.15) is 17.5 Å². The first-order chi connectivity index (χ1) is 15.4. The van der Waals surface area contributed by atoms with Crippen LogP contribution in [0, 0.1) is 5.92 Å². The highest BCUT2D eigenvalue weighted by Gasteiger charge is 2.30. The highest BCUT2D eigenvalue weighted by molar-refractivity contribution is 5.93. The molecule has 0 bridgehead atoms. The van der Waals surface area contributed by atoms with Crippen LogP contribution in [-0.2, 0) is 7.05 Å². The van der Waals surface area contributed by atoms with E-state index in [1.54, 1.807) is 29.0 Å². The van der Waals surface area contributed by atoms with Crippen molar-refractivity contribution < 1.29 is 4.79 Å². The Morgan fingerprint density at radius 1 is 1.09 bits per heavy atom.